The van der Waals surface area contributed by atoms with Crippen molar-refractivity contribution in [2.24, 2.45) is 17.8 Å². The van der Waals surface area contributed by atoms with E-state index in [9.17, 15) is 24.9 Å². The van der Waals surface area contributed by atoms with Crippen molar-refractivity contribution in [1.82, 2.24) is 0 Å². The predicted molar refractivity (Wildman–Crippen MR) is 173 cm³/mol. The third-order valence-electron chi connectivity index (χ3n) is 10.1. The largest absolute Gasteiger partial charge is 0.459 e. The maximum atomic E-state index is 13.3. The number of ether oxygens (including phenoxy) is 9. The van der Waals surface area contributed by atoms with E-state index < -0.39 is 109 Å². The maximum Gasteiger partial charge on any atom is 0.330 e. The number of aliphatic hydroxyl groups excluding tert-OH is 2. The van der Waals surface area contributed by atoms with Crippen LogP contribution in [0, 0.1) is 17.8 Å². The van der Waals surface area contributed by atoms with Crippen molar-refractivity contribution < 1.29 is 67.5 Å². The molecule has 0 saturated carbocycles. The molecule has 49 heavy (non-hydrogen) atoms. The Morgan fingerprint density at radius 1 is 0.837 bits per heavy atom. The summed E-state index contributed by atoms with van der Waals surface area (Å²) in [7, 11) is 4.46. The number of carbonyl (C=O) groups is 2. The van der Waals surface area contributed by atoms with Crippen molar-refractivity contribution >= 4 is 11.8 Å². The fourth-order valence-corrected chi connectivity index (χ4v) is 7.12. The molecule has 0 amide bonds. The van der Waals surface area contributed by atoms with Gasteiger partial charge in [0.2, 0.25) is 0 Å². The van der Waals surface area contributed by atoms with Crippen molar-refractivity contribution in [1.29, 1.82) is 0 Å². The number of epoxide rings is 1. The lowest BCUT2D eigenvalue weighted by atomic mass is 9.82. The summed E-state index contributed by atoms with van der Waals surface area (Å²) in [5.74, 6) is -2.45. The molecule has 14 nitrogen and oxygen atoms in total. The van der Waals surface area contributed by atoms with Gasteiger partial charge in [0, 0.05) is 45.7 Å². The quantitative estimate of drug-likeness (QED) is 0.245. The molecule has 0 unspecified atom stereocenters. The number of rotatable bonds is 8. The Morgan fingerprint density at radius 2 is 1.53 bits per heavy atom. The molecule has 4 aliphatic rings. The first kappa shape index (κ1) is 40.0. The van der Waals surface area contributed by atoms with Crippen LogP contribution in [0.15, 0.2) is 24.3 Å². The van der Waals surface area contributed by atoms with Crippen molar-refractivity contribution in [3.05, 3.63) is 24.3 Å². The van der Waals surface area contributed by atoms with Gasteiger partial charge in [-0.25, -0.2) is 4.79 Å². The standard InChI is InChI=1S/C35H56O14/c1-17-10-13-26(37)46-20(4)22(16-44-34-32(43-9)31(42-8)27(38)21(5)47-34)30-23(48-30)11-12-25(36)35(6,40)15-18(2)29(17)49-33-28(39)24(41-7)14-19(3)45-33/h10-13,17-24,27-34,38-40H,14-16H2,1-9H3/t17-,18+,19+,20-,21+,22+,23-,24-,27+,28+,29-,30-,31+,32+,33-,34+,35+/m0/s1. The molecule has 0 spiro atoms. The molecule has 14 heteroatoms. The normalized spacial score (nSPS) is 47.0. The van der Waals surface area contributed by atoms with E-state index in [4.69, 9.17) is 42.6 Å². The van der Waals surface area contributed by atoms with E-state index in [1.54, 1.807) is 26.0 Å². The Balaban J connectivity index is 1.56. The van der Waals surface area contributed by atoms with Crippen LogP contribution in [0.4, 0.5) is 0 Å². The van der Waals surface area contributed by atoms with Crippen LogP contribution in [0.1, 0.15) is 54.4 Å². The second-order valence-electron chi connectivity index (χ2n) is 14.1. The number of aliphatic hydroxyl groups is 3. The molecule has 4 aliphatic heterocycles. The van der Waals surface area contributed by atoms with Gasteiger partial charge in [-0.1, -0.05) is 19.9 Å². The van der Waals surface area contributed by atoms with Gasteiger partial charge in [0.15, 0.2) is 18.4 Å². The number of fused-ring (bicyclic) bond motifs is 1. The minimum Gasteiger partial charge on any atom is -0.459 e. The highest BCUT2D eigenvalue weighted by atomic mass is 16.7. The first-order valence-electron chi connectivity index (χ1n) is 17.1. The Labute approximate surface area is 288 Å². The van der Waals surface area contributed by atoms with Gasteiger partial charge >= 0.3 is 5.97 Å². The Kier molecular flexibility index (Phi) is 14.0. The van der Waals surface area contributed by atoms with Crippen LogP contribution in [-0.4, -0.2) is 140 Å². The van der Waals surface area contributed by atoms with Gasteiger partial charge in [-0.05, 0) is 52.2 Å². The van der Waals surface area contributed by atoms with Crippen LogP contribution in [0.2, 0.25) is 0 Å². The fraction of sp³-hybridized carbons (Fsp3) is 0.829. The number of carbonyl (C=O) groups excluding carboxylic acids is 2. The summed E-state index contributed by atoms with van der Waals surface area (Å²) < 4.78 is 52.6. The molecule has 0 bridgehead atoms. The monoisotopic (exact) mass is 700 g/mol. The van der Waals surface area contributed by atoms with Crippen LogP contribution >= 0.6 is 0 Å². The predicted octanol–water partition coefficient (Wildman–Crippen LogP) is 1.46. The van der Waals surface area contributed by atoms with Gasteiger partial charge in [-0.15, -0.1) is 0 Å². The molecule has 0 aromatic heterocycles. The van der Waals surface area contributed by atoms with E-state index in [-0.39, 0.29) is 19.1 Å². The minimum atomic E-state index is -1.75. The first-order chi connectivity index (χ1) is 23.1. The Hall–Kier alpha value is -1.82. The highest BCUT2D eigenvalue weighted by Gasteiger charge is 2.50. The minimum absolute atomic E-state index is 0.0234. The van der Waals surface area contributed by atoms with Gasteiger partial charge in [-0.2, -0.15) is 0 Å². The van der Waals surface area contributed by atoms with Crippen LogP contribution in [0.3, 0.4) is 0 Å². The molecule has 0 aliphatic carbocycles. The molecule has 0 aromatic rings. The van der Waals surface area contributed by atoms with E-state index >= 15 is 0 Å². The highest BCUT2D eigenvalue weighted by molar-refractivity contribution is 5.96. The lowest BCUT2D eigenvalue weighted by Gasteiger charge is -2.42. The average molecular weight is 701 g/mol. The third-order valence-corrected chi connectivity index (χ3v) is 10.1. The molecule has 17 atom stereocenters. The molecule has 4 heterocycles. The van der Waals surface area contributed by atoms with Crippen molar-refractivity contribution in [3.8, 4) is 0 Å². The number of methoxy groups -OCH3 is 3. The smallest absolute Gasteiger partial charge is 0.330 e. The summed E-state index contributed by atoms with van der Waals surface area (Å²) in [4.78, 5) is 26.5. The summed E-state index contributed by atoms with van der Waals surface area (Å²) in [6.07, 6.45) is -2.67. The van der Waals surface area contributed by atoms with Gasteiger partial charge in [0.05, 0.1) is 37.1 Å². The molecule has 4 rings (SSSR count). The summed E-state index contributed by atoms with van der Waals surface area (Å²) >= 11 is 0. The molecule has 0 aromatic carbocycles. The van der Waals surface area contributed by atoms with Crippen LogP contribution in [0.5, 0.6) is 0 Å². The Bertz CT molecular complexity index is 1160. The SMILES string of the molecule is CO[C@@H]1[C@H](O)[C@@H](C)O[C@@H](OC[C@H]2[C@@H]3O[C@H]3C=CC(=O)[C@](C)(O)C[C@@H](C)[C@@H](O[C@@H]3O[C@H](C)C[C@H](OC)[C@H]3O)[C@@H](C)C=CC(=O)O[C@H]2C)[C@@H]1OC. The molecular weight excluding hydrogens is 644 g/mol. The zero-order chi connectivity index (χ0) is 36.2. The van der Waals surface area contributed by atoms with Crippen LogP contribution < -0.4 is 0 Å². The summed E-state index contributed by atoms with van der Waals surface area (Å²) in [5.41, 5.74) is -1.75. The zero-order valence-corrected chi connectivity index (χ0v) is 30.0. The van der Waals surface area contributed by atoms with Crippen molar-refractivity contribution in [2.75, 3.05) is 27.9 Å². The van der Waals surface area contributed by atoms with E-state index in [2.05, 4.69) is 0 Å². The lowest BCUT2D eigenvalue weighted by Crippen LogP contribution is -2.59. The van der Waals surface area contributed by atoms with Gasteiger partial charge in [-0.3, -0.25) is 4.79 Å². The van der Waals surface area contributed by atoms with Crippen molar-refractivity contribution in [3.63, 3.8) is 0 Å². The zero-order valence-electron chi connectivity index (χ0n) is 30.0. The maximum absolute atomic E-state index is 13.3. The van der Waals surface area contributed by atoms with E-state index in [1.807, 2.05) is 20.8 Å². The second-order valence-corrected chi connectivity index (χ2v) is 14.1. The molecule has 3 saturated heterocycles. The summed E-state index contributed by atoms with van der Waals surface area (Å²) in [6, 6.07) is 0. The molecule has 3 fully saturated rings. The number of cyclic esters (lactones) is 1. The van der Waals surface area contributed by atoms with Gasteiger partial charge < -0.3 is 58.0 Å². The second kappa shape index (κ2) is 17.1. The van der Waals surface area contributed by atoms with Crippen LogP contribution in [-0.2, 0) is 52.2 Å². The molecule has 0 radical (unpaired) electrons. The molecule has 280 valence electrons. The number of ketones is 1. The van der Waals surface area contributed by atoms with Gasteiger partial charge in [0.1, 0.15) is 42.2 Å². The summed E-state index contributed by atoms with van der Waals surface area (Å²) in [5, 5.41) is 32.8. The van der Waals surface area contributed by atoms with E-state index in [0.717, 1.165) is 0 Å². The van der Waals surface area contributed by atoms with E-state index in [1.165, 1.54) is 40.4 Å². The molecular formula is C35H56O14. The van der Waals surface area contributed by atoms with Crippen LogP contribution in [0.25, 0.3) is 0 Å². The fourth-order valence-electron chi connectivity index (χ4n) is 7.12. The van der Waals surface area contributed by atoms with E-state index in [0.29, 0.717) is 6.42 Å². The summed E-state index contributed by atoms with van der Waals surface area (Å²) in [6.45, 7) is 10.4. The highest BCUT2D eigenvalue weighted by Crippen LogP contribution is 2.37. The third kappa shape index (κ3) is 9.74. The number of hydrogen-bond acceptors (Lipinski definition) is 14. The Morgan fingerprint density at radius 3 is 2.18 bits per heavy atom. The number of esters is 1. The first-order valence-corrected chi connectivity index (χ1v) is 17.1. The lowest BCUT2D eigenvalue weighted by molar-refractivity contribution is -0.305. The molecule has 3 N–H and O–H groups in total. The van der Waals surface area contributed by atoms with Gasteiger partial charge in [0.25, 0.3) is 0 Å². The van der Waals surface area contributed by atoms with Crippen molar-refractivity contribution in [2.45, 2.75) is 140 Å². The average Bonchev–Trinajstić information content (AvgIpc) is 3.82. The number of hydrogen-bond donors (Lipinski definition) is 3. The topological polar surface area (TPSA) is 181 Å².